The molecule has 6 heteroatoms. The highest BCUT2D eigenvalue weighted by atomic mass is 79.9. The van der Waals surface area contributed by atoms with Crippen molar-refractivity contribution in [2.45, 2.75) is 13.3 Å². The molecule has 0 fully saturated rings. The standard InChI is InChI=1S/C15H13BrCl2N2S/c1-2-9-7-10(16)3-6-14(9)20-15(21)19-11-4-5-12(17)13(18)8-11/h3-8H,2H2,1H3,(H2,19,20,21). The van der Waals surface area contributed by atoms with Gasteiger partial charge >= 0.3 is 0 Å². The molecule has 0 spiro atoms. The van der Waals surface area contributed by atoms with Crippen LogP contribution in [0.3, 0.4) is 0 Å². The van der Waals surface area contributed by atoms with Crippen LogP contribution < -0.4 is 10.6 Å². The van der Waals surface area contributed by atoms with Crippen LogP contribution >= 0.6 is 51.3 Å². The molecule has 2 rings (SSSR count). The van der Waals surface area contributed by atoms with E-state index in [2.05, 4.69) is 39.6 Å². The molecule has 0 unspecified atom stereocenters. The highest BCUT2D eigenvalue weighted by Crippen LogP contribution is 2.25. The van der Waals surface area contributed by atoms with Crippen LogP contribution in [0, 0.1) is 0 Å². The second-order valence-corrected chi connectivity index (χ2v) is 6.50. The summed E-state index contributed by atoms with van der Waals surface area (Å²) in [6.45, 7) is 2.10. The van der Waals surface area contributed by atoms with Crippen molar-refractivity contribution in [3.05, 3.63) is 56.5 Å². The van der Waals surface area contributed by atoms with Crippen molar-refractivity contribution >= 4 is 67.8 Å². The van der Waals surface area contributed by atoms with E-state index in [0.717, 1.165) is 22.3 Å². The summed E-state index contributed by atoms with van der Waals surface area (Å²) in [4.78, 5) is 0. The molecule has 0 aliphatic rings. The summed E-state index contributed by atoms with van der Waals surface area (Å²) in [5.74, 6) is 0. The lowest BCUT2D eigenvalue weighted by Gasteiger charge is -2.14. The number of thiocarbonyl (C=S) groups is 1. The van der Waals surface area contributed by atoms with E-state index >= 15 is 0 Å². The molecule has 2 N–H and O–H groups in total. The third-order valence-electron chi connectivity index (χ3n) is 2.87. The topological polar surface area (TPSA) is 24.1 Å². The first kappa shape index (κ1) is 16.6. The van der Waals surface area contributed by atoms with Gasteiger partial charge in [0.2, 0.25) is 0 Å². The molecule has 2 aromatic carbocycles. The van der Waals surface area contributed by atoms with Crippen LogP contribution in [0.4, 0.5) is 11.4 Å². The summed E-state index contributed by atoms with van der Waals surface area (Å²) in [5.41, 5.74) is 2.96. The van der Waals surface area contributed by atoms with Gasteiger partial charge in [-0.05, 0) is 60.6 Å². The minimum Gasteiger partial charge on any atom is -0.332 e. The molecule has 0 atom stereocenters. The summed E-state index contributed by atoms with van der Waals surface area (Å²) in [6, 6.07) is 11.3. The molecule has 0 aliphatic carbocycles. The molecule has 0 amide bonds. The third-order valence-corrected chi connectivity index (χ3v) is 4.31. The normalized spacial score (nSPS) is 10.3. The number of rotatable bonds is 3. The maximum absolute atomic E-state index is 5.98. The van der Waals surface area contributed by atoms with Crippen LogP contribution in [0.25, 0.3) is 0 Å². The number of halogens is 3. The number of benzene rings is 2. The van der Waals surface area contributed by atoms with E-state index in [1.165, 1.54) is 5.56 Å². The van der Waals surface area contributed by atoms with Gasteiger partial charge in [0, 0.05) is 15.8 Å². The van der Waals surface area contributed by atoms with E-state index < -0.39 is 0 Å². The molecule has 0 heterocycles. The first-order valence-electron chi connectivity index (χ1n) is 6.31. The zero-order valence-corrected chi connectivity index (χ0v) is 15.1. The van der Waals surface area contributed by atoms with E-state index in [4.69, 9.17) is 35.4 Å². The van der Waals surface area contributed by atoms with Gasteiger partial charge < -0.3 is 10.6 Å². The summed E-state index contributed by atoms with van der Waals surface area (Å²) >= 11 is 20.7. The summed E-state index contributed by atoms with van der Waals surface area (Å²) < 4.78 is 1.05. The minimum absolute atomic E-state index is 0.488. The Kier molecular flexibility index (Phi) is 5.88. The Hall–Kier alpha value is -0.810. The number of hydrogen-bond donors (Lipinski definition) is 2. The smallest absolute Gasteiger partial charge is 0.175 e. The second-order valence-electron chi connectivity index (χ2n) is 4.36. The Balaban J connectivity index is 2.09. The van der Waals surface area contributed by atoms with E-state index in [1.807, 2.05) is 18.2 Å². The zero-order valence-electron chi connectivity index (χ0n) is 11.2. The van der Waals surface area contributed by atoms with Crippen molar-refractivity contribution in [1.29, 1.82) is 0 Å². The van der Waals surface area contributed by atoms with E-state index in [9.17, 15) is 0 Å². The summed E-state index contributed by atoms with van der Waals surface area (Å²) in [7, 11) is 0. The maximum atomic E-state index is 5.98. The number of aryl methyl sites for hydroxylation is 1. The fourth-order valence-electron chi connectivity index (χ4n) is 1.84. The SMILES string of the molecule is CCc1cc(Br)ccc1NC(=S)Nc1ccc(Cl)c(Cl)c1. The predicted molar refractivity (Wildman–Crippen MR) is 99.8 cm³/mol. The van der Waals surface area contributed by atoms with Crippen LogP contribution in [0.2, 0.25) is 10.0 Å². The minimum atomic E-state index is 0.488. The van der Waals surface area contributed by atoms with Crippen molar-refractivity contribution in [3.63, 3.8) is 0 Å². The molecule has 0 saturated heterocycles. The molecule has 2 aromatic rings. The van der Waals surface area contributed by atoms with Crippen molar-refractivity contribution in [2.24, 2.45) is 0 Å². The molecule has 2 nitrogen and oxygen atoms in total. The number of hydrogen-bond acceptors (Lipinski definition) is 1. The monoisotopic (exact) mass is 402 g/mol. The van der Waals surface area contributed by atoms with Gasteiger partial charge in [-0.15, -0.1) is 0 Å². The molecule has 0 aromatic heterocycles. The Labute approximate surface area is 148 Å². The first-order valence-corrected chi connectivity index (χ1v) is 8.26. The second kappa shape index (κ2) is 7.45. The van der Waals surface area contributed by atoms with Crippen molar-refractivity contribution in [2.75, 3.05) is 10.6 Å². The Morgan fingerprint density at radius 2 is 1.86 bits per heavy atom. The van der Waals surface area contributed by atoms with Crippen LogP contribution in [0.15, 0.2) is 40.9 Å². The lowest BCUT2D eigenvalue weighted by molar-refractivity contribution is 1.14. The number of anilines is 2. The van der Waals surface area contributed by atoms with Gasteiger partial charge in [0.1, 0.15) is 0 Å². The van der Waals surface area contributed by atoms with Crippen molar-refractivity contribution in [3.8, 4) is 0 Å². The van der Waals surface area contributed by atoms with Crippen molar-refractivity contribution in [1.82, 2.24) is 0 Å². The fraction of sp³-hybridized carbons (Fsp3) is 0.133. The van der Waals surface area contributed by atoms with Gasteiger partial charge in [0.25, 0.3) is 0 Å². The quantitative estimate of drug-likeness (QED) is 0.603. The third kappa shape index (κ3) is 4.58. The molecule has 21 heavy (non-hydrogen) atoms. The predicted octanol–water partition coefficient (Wildman–Crippen LogP) is 6.13. The summed E-state index contributed by atoms with van der Waals surface area (Å²) in [6.07, 6.45) is 0.914. The van der Waals surface area contributed by atoms with Gasteiger partial charge in [0.15, 0.2) is 5.11 Å². The van der Waals surface area contributed by atoms with Gasteiger partial charge in [-0.25, -0.2) is 0 Å². The van der Waals surface area contributed by atoms with E-state index in [1.54, 1.807) is 12.1 Å². The van der Waals surface area contributed by atoms with Gasteiger partial charge in [-0.3, -0.25) is 0 Å². The Bertz CT molecular complexity index is 677. The Morgan fingerprint density at radius 3 is 2.52 bits per heavy atom. The maximum Gasteiger partial charge on any atom is 0.175 e. The first-order chi connectivity index (χ1) is 9.99. The van der Waals surface area contributed by atoms with Crippen molar-refractivity contribution < 1.29 is 0 Å². The fourth-order valence-corrected chi connectivity index (χ4v) is 2.77. The van der Waals surface area contributed by atoms with Gasteiger partial charge in [0.05, 0.1) is 10.0 Å². The van der Waals surface area contributed by atoms with Gasteiger partial charge in [-0.2, -0.15) is 0 Å². The Morgan fingerprint density at radius 1 is 1.10 bits per heavy atom. The molecular formula is C15H13BrCl2N2S. The molecule has 0 radical (unpaired) electrons. The van der Waals surface area contributed by atoms with Crippen LogP contribution in [0.5, 0.6) is 0 Å². The van der Waals surface area contributed by atoms with Crippen LogP contribution in [0.1, 0.15) is 12.5 Å². The molecule has 0 aliphatic heterocycles. The largest absolute Gasteiger partial charge is 0.332 e. The lowest BCUT2D eigenvalue weighted by atomic mass is 10.1. The zero-order chi connectivity index (χ0) is 15.4. The molecule has 0 bridgehead atoms. The molecule has 110 valence electrons. The average Bonchev–Trinajstić information content (AvgIpc) is 2.44. The lowest BCUT2D eigenvalue weighted by Crippen LogP contribution is -2.19. The van der Waals surface area contributed by atoms with Crippen LogP contribution in [-0.4, -0.2) is 5.11 Å². The highest BCUT2D eigenvalue weighted by molar-refractivity contribution is 9.10. The molecule has 0 saturated carbocycles. The summed E-state index contributed by atoms with van der Waals surface area (Å²) in [5, 5.41) is 7.79. The average molecular weight is 404 g/mol. The highest BCUT2D eigenvalue weighted by Gasteiger charge is 2.05. The van der Waals surface area contributed by atoms with Gasteiger partial charge in [-0.1, -0.05) is 46.1 Å². The van der Waals surface area contributed by atoms with E-state index in [-0.39, 0.29) is 0 Å². The molecular weight excluding hydrogens is 391 g/mol. The number of nitrogens with one attached hydrogen (secondary N) is 2. The van der Waals surface area contributed by atoms with E-state index in [0.29, 0.717) is 15.2 Å². The van der Waals surface area contributed by atoms with Crippen LogP contribution in [-0.2, 0) is 6.42 Å².